The first kappa shape index (κ1) is 17.5. The van der Waals surface area contributed by atoms with Gasteiger partial charge < -0.3 is 9.64 Å². The molecule has 0 bridgehead atoms. The van der Waals surface area contributed by atoms with Crippen molar-refractivity contribution in [1.82, 2.24) is 15.1 Å². The zero-order chi connectivity index (χ0) is 17.8. The van der Waals surface area contributed by atoms with Gasteiger partial charge in [0.25, 0.3) is 0 Å². The lowest BCUT2D eigenvalue weighted by atomic mass is 9.94. The summed E-state index contributed by atoms with van der Waals surface area (Å²) in [5, 5.41) is 7.21. The monoisotopic (exact) mass is 341 g/mol. The van der Waals surface area contributed by atoms with Crippen LogP contribution in [0.5, 0.6) is 5.75 Å². The van der Waals surface area contributed by atoms with Crippen molar-refractivity contribution in [2.75, 3.05) is 19.7 Å². The van der Waals surface area contributed by atoms with Crippen LogP contribution in [0.4, 0.5) is 0 Å². The third-order valence-corrected chi connectivity index (χ3v) is 5.05. The van der Waals surface area contributed by atoms with E-state index >= 15 is 0 Å². The summed E-state index contributed by atoms with van der Waals surface area (Å²) in [7, 11) is 0. The van der Waals surface area contributed by atoms with Gasteiger partial charge in [0.15, 0.2) is 0 Å². The number of hydrogen-bond acceptors (Lipinski definition) is 3. The molecule has 0 saturated carbocycles. The number of rotatable bonds is 5. The number of piperidine rings is 1. The maximum absolute atomic E-state index is 13.0. The molecule has 1 amide bonds. The lowest BCUT2D eigenvalue weighted by Crippen LogP contribution is -2.43. The largest absolute Gasteiger partial charge is 0.493 e. The van der Waals surface area contributed by atoms with E-state index in [9.17, 15) is 4.79 Å². The number of hydrogen-bond donors (Lipinski definition) is 1. The summed E-state index contributed by atoms with van der Waals surface area (Å²) >= 11 is 0. The molecule has 1 aromatic heterocycles. The highest BCUT2D eigenvalue weighted by Crippen LogP contribution is 2.26. The molecule has 25 heavy (non-hydrogen) atoms. The van der Waals surface area contributed by atoms with Crippen molar-refractivity contribution in [1.29, 1.82) is 0 Å². The van der Waals surface area contributed by atoms with Crippen molar-refractivity contribution in [2.45, 2.75) is 39.5 Å². The van der Waals surface area contributed by atoms with Gasteiger partial charge in [-0.3, -0.25) is 9.89 Å². The van der Waals surface area contributed by atoms with Crippen LogP contribution in [-0.2, 0) is 4.79 Å². The Morgan fingerprint density at radius 1 is 1.36 bits per heavy atom. The Balaban J connectivity index is 1.60. The fraction of sp³-hybridized carbons (Fsp3) is 0.500. The lowest BCUT2D eigenvalue weighted by molar-refractivity contribution is -0.134. The van der Waals surface area contributed by atoms with Gasteiger partial charge in [-0.2, -0.15) is 5.10 Å². The molecule has 2 atom stereocenters. The smallest absolute Gasteiger partial charge is 0.229 e. The van der Waals surface area contributed by atoms with Crippen molar-refractivity contribution < 1.29 is 9.53 Å². The number of amides is 1. The Kier molecular flexibility index (Phi) is 5.41. The van der Waals surface area contributed by atoms with Crippen LogP contribution in [0.3, 0.4) is 0 Å². The Bertz CT molecular complexity index is 691. The van der Waals surface area contributed by atoms with Crippen molar-refractivity contribution in [3.63, 3.8) is 0 Å². The number of aromatic amines is 1. The van der Waals surface area contributed by atoms with E-state index in [0.717, 1.165) is 48.6 Å². The zero-order valence-electron chi connectivity index (χ0n) is 15.3. The molecule has 1 N–H and O–H groups in total. The number of aryl methyl sites for hydroxylation is 2. The van der Waals surface area contributed by atoms with E-state index < -0.39 is 0 Å². The number of carbonyl (C=O) groups is 1. The fourth-order valence-electron chi connectivity index (χ4n) is 3.73. The van der Waals surface area contributed by atoms with Gasteiger partial charge in [-0.25, -0.2) is 0 Å². The minimum atomic E-state index is -0.160. The predicted octanol–water partition coefficient (Wildman–Crippen LogP) is 3.45. The van der Waals surface area contributed by atoms with Gasteiger partial charge in [0.1, 0.15) is 5.75 Å². The molecule has 0 radical (unpaired) electrons. The second-order valence-electron chi connectivity index (χ2n) is 6.99. The van der Waals surface area contributed by atoms with Crippen LogP contribution in [0.15, 0.2) is 30.3 Å². The number of ether oxygens (including phenoxy) is 1. The number of H-pyrrole nitrogens is 1. The van der Waals surface area contributed by atoms with Crippen LogP contribution >= 0.6 is 0 Å². The van der Waals surface area contributed by atoms with E-state index in [-0.39, 0.29) is 11.8 Å². The Morgan fingerprint density at radius 3 is 2.80 bits per heavy atom. The van der Waals surface area contributed by atoms with Gasteiger partial charge in [0.05, 0.1) is 18.2 Å². The van der Waals surface area contributed by atoms with Crippen molar-refractivity contribution in [3.05, 3.63) is 47.3 Å². The standard InChI is InChI=1S/C20H27N3O2/c1-14(19-15(2)21-22-16(19)3)20(24)23-11-7-8-17(12-23)13-25-18-9-5-4-6-10-18/h4-6,9-10,14,17H,7-8,11-13H2,1-3H3,(H,21,22)/t14-,17+/m1/s1. The van der Waals surface area contributed by atoms with E-state index in [0.29, 0.717) is 12.5 Å². The average molecular weight is 341 g/mol. The van der Waals surface area contributed by atoms with Gasteiger partial charge in [-0.1, -0.05) is 18.2 Å². The molecule has 0 aliphatic carbocycles. The molecule has 5 heteroatoms. The first-order valence-corrected chi connectivity index (χ1v) is 9.04. The molecule has 5 nitrogen and oxygen atoms in total. The van der Waals surface area contributed by atoms with Crippen LogP contribution in [0.1, 0.15) is 42.6 Å². The molecule has 0 spiro atoms. The number of para-hydroxylation sites is 1. The Morgan fingerprint density at radius 2 is 2.12 bits per heavy atom. The van der Waals surface area contributed by atoms with E-state index in [1.807, 2.05) is 56.0 Å². The molecule has 134 valence electrons. The third-order valence-electron chi connectivity index (χ3n) is 5.05. The SMILES string of the molecule is Cc1n[nH]c(C)c1[C@@H](C)C(=O)N1CCC[C@H](COc2ccccc2)C1. The third kappa shape index (κ3) is 4.03. The molecule has 1 fully saturated rings. The van der Waals surface area contributed by atoms with Gasteiger partial charge in [-0.05, 0) is 45.7 Å². The van der Waals surface area contributed by atoms with Crippen LogP contribution in [0.25, 0.3) is 0 Å². The molecule has 1 aliphatic heterocycles. The summed E-state index contributed by atoms with van der Waals surface area (Å²) in [6.45, 7) is 8.18. The summed E-state index contributed by atoms with van der Waals surface area (Å²) in [5.41, 5.74) is 2.94. The van der Waals surface area contributed by atoms with E-state index in [4.69, 9.17) is 4.74 Å². The average Bonchev–Trinajstić information content (AvgIpc) is 2.98. The highest BCUT2D eigenvalue weighted by atomic mass is 16.5. The molecule has 2 heterocycles. The lowest BCUT2D eigenvalue weighted by Gasteiger charge is -2.34. The summed E-state index contributed by atoms with van der Waals surface area (Å²) in [6, 6.07) is 9.87. The minimum Gasteiger partial charge on any atom is -0.493 e. The number of aromatic nitrogens is 2. The Labute approximate surface area is 149 Å². The molecular weight excluding hydrogens is 314 g/mol. The van der Waals surface area contributed by atoms with Crippen molar-refractivity contribution in [3.8, 4) is 5.75 Å². The maximum atomic E-state index is 13.0. The Hall–Kier alpha value is -2.30. The zero-order valence-corrected chi connectivity index (χ0v) is 15.3. The van der Waals surface area contributed by atoms with Gasteiger partial charge in [-0.15, -0.1) is 0 Å². The minimum absolute atomic E-state index is 0.160. The second-order valence-corrected chi connectivity index (χ2v) is 6.99. The maximum Gasteiger partial charge on any atom is 0.229 e. The van der Waals surface area contributed by atoms with Crippen LogP contribution in [0, 0.1) is 19.8 Å². The predicted molar refractivity (Wildman–Crippen MR) is 97.7 cm³/mol. The van der Waals surface area contributed by atoms with Crippen LogP contribution in [0.2, 0.25) is 0 Å². The number of likely N-dealkylation sites (tertiary alicyclic amines) is 1. The molecule has 1 aliphatic rings. The van der Waals surface area contributed by atoms with E-state index in [1.165, 1.54) is 0 Å². The highest BCUT2D eigenvalue weighted by Gasteiger charge is 2.30. The molecule has 0 unspecified atom stereocenters. The van der Waals surface area contributed by atoms with Gasteiger partial charge in [0, 0.05) is 30.3 Å². The van der Waals surface area contributed by atoms with Gasteiger partial charge in [0.2, 0.25) is 5.91 Å². The topological polar surface area (TPSA) is 58.2 Å². The molecule has 3 rings (SSSR count). The molecular formula is C20H27N3O2. The molecule has 2 aromatic rings. The molecule has 1 aromatic carbocycles. The second kappa shape index (κ2) is 7.72. The van der Waals surface area contributed by atoms with E-state index in [2.05, 4.69) is 10.2 Å². The normalized spacial score (nSPS) is 18.8. The number of nitrogens with zero attached hydrogens (tertiary/aromatic N) is 2. The summed E-state index contributed by atoms with van der Waals surface area (Å²) in [6.07, 6.45) is 2.14. The van der Waals surface area contributed by atoms with Crippen LogP contribution in [-0.4, -0.2) is 40.7 Å². The van der Waals surface area contributed by atoms with Gasteiger partial charge >= 0.3 is 0 Å². The fourth-order valence-corrected chi connectivity index (χ4v) is 3.73. The van der Waals surface area contributed by atoms with Crippen molar-refractivity contribution in [2.24, 2.45) is 5.92 Å². The molecule has 1 saturated heterocycles. The van der Waals surface area contributed by atoms with Crippen LogP contribution < -0.4 is 4.74 Å². The number of nitrogens with one attached hydrogen (secondary N) is 1. The summed E-state index contributed by atoms with van der Waals surface area (Å²) in [4.78, 5) is 15.0. The van der Waals surface area contributed by atoms with Crippen molar-refractivity contribution >= 4 is 5.91 Å². The quantitative estimate of drug-likeness (QED) is 0.906. The summed E-state index contributed by atoms with van der Waals surface area (Å²) < 4.78 is 5.89. The highest BCUT2D eigenvalue weighted by molar-refractivity contribution is 5.84. The number of carbonyl (C=O) groups excluding carboxylic acids is 1. The summed E-state index contributed by atoms with van der Waals surface area (Å²) in [5.74, 6) is 1.31. The first-order valence-electron chi connectivity index (χ1n) is 9.04. The number of benzene rings is 1. The van der Waals surface area contributed by atoms with E-state index in [1.54, 1.807) is 0 Å². The first-order chi connectivity index (χ1) is 12.1.